The molecule has 2 N–H and O–H groups in total. The van der Waals surface area contributed by atoms with Gasteiger partial charge in [-0.05, 0) is 60.2 Å². The van der Waals surface area contributed by atoms with E-state index < -0.39 is 5.60 Å². The minimum atomic E-state index is -0.469. The van der Waals surface area contributed by atoms with Gasteiger partial charge in [0.25, 0.3) is 0 Å². The van der Waals surface area contributed by atoms with Gasteiger partial charge in [0, 0.05) is 26.2 Å². The summed E-state index contributed by atoms with van der Waals surface area (Å²) in [6, 6.07) is 0.101. The molecule has 0 aliphatic carbocycles. The maximum atomic E-state index is 11.9. The third-order valence-electron chi connectivity index (χ3n) is 4.33. The number of halogens is 1. The van der Waals surface area contributed by atoms with Crippen molar-refractivity contribution in [2.45, 2.75) is 66.0 Å². The van der Waals surface area contributed by atoms with Gasteiger partial charge in [0.05, 0.1) is 6.04 Å². The van der Waals surface area contributed by atoms with Gasteiger partial charge in [-0.2, -0.15) is 0 Å². The topological polar surface area (TPSA) is 69.2 Å². The Bertz CT molecular complexity index is 450. The molecular weight excluding hydrogens is 457 g/mol. The van der Waals surface area contributed by atoms with E-state index in [1.807, 2.05) is 20.8 Å². The van der Waals surface area contributed by atoms with Crippen molar-refractivity contribution < 1.29 is 9.53 Å². The van der Waals surface area contributed by atoms with E-state index in [-0.39, 0.29) is 36.1 Å². The molecule has 1 aliphatic rings. The Morgan fingerprint density at radius 2 is 1.93 bits per heavy atom. The van der Waals surface area contributed by atoms with E-state index in [0.717, 1.165) is 64.6 Å². The molecule has 1 unspecified atom stereocenters. The van der Waals surface area contributed by atoms with Crippen LogP contribution in [0.4, 0.5) is 4.79 Å². The first-order chi connectivity index (χ1) is 12.3. The van der Waals surface area contributed by atoms with Crippen LogP contribution >= 0.6 is 24.0 Å². The SMILES string of the molecule is CCNC(=NCCCN(CC)CC)N1CCC(NC(=O)OC(C)(C)C)C1.I. The molecule has 1 amide bonds. The second-order valence-corrected chi connectivity index (χ2v) is 7.69. The number of alkyl carbamates (subject to hydrolysis) is 1. The van der Waals surface area contributed by atoms with Crippen molar-refractivity contribution in [2.75, 3.05) is 45.8 Å². The van der Waals surface area contributed by atoms with E-state index in [1.165, 1.54) is 0 Å². The van der Waals surface area contributed by atoms with Crippen LogP contribution < -0.4 is 10.6 Å². The van der Waals surface area contributed by atoms with Gasteiger partial charge in [-0.1, -0.05) is 13.8 Å². The number of rotatable bonds is 8. The van der Waals surface area contributed by atoms with Gasteiger partial charge < -0.3 is 25.2 Å². The molecule has 160 valence electrons. The first kappa shape index (κ1) is 26.2. The minimum Gasteiger partial charge on any atom is -0.444 e. The van der Waals surface area contributed by atoms with Crippen molar-refractivity contribution >= 4 is 36.0 Å². The fourth-order valence-corrected chi connectivity index (χ4v) is 2.99. The molecule has 0 bridgehead atoms. The average molecular weight is 497 g/mol. The number of nitrogens with zero attached hydrogens (tertiary/aromatic N) is 3. The second kappa shape index (κ2) is 13.4. The molecule has 27 heavy (non-hydrogen) atoms. The number of likely N-dealkylation sites (tertiary alicyclic amines) is 1. The summed E-state index contributed by atoms with van der Waals surface area (Å²) in [4.78, 5) is 21.4. The van der Waals surface area contributed by atoms with Crippen LogP contribution in [0.15, 0.2) is 4.99 Å². The fraction of sp³-hybridized carbons (Fsp3) is 0.895. The monoisotopic (exact) mass is 497 g/mol. The Labute approximate surface area is 182 Å². The van der Waals surface area contributed by atoms with Crippen LogP contribution in [0.5, 0.6) is 0 Å². The highest BCUT2D eigenvalue weighted by Crippen LogP contribution is 2.12. The van der Waals surface area contributed by atoms with Gasteiger partial charge in [-0.25, -0.2) is 4.79 Å². The Morgan fingerprint density at radius 1 is 1.26 bits per heavy atom. The van der Waals surface area contributed by atoms with Crippen LogP contribution in [-0.4, -0.2) is 79.3 Å². The number of carbonyl (C=O) groups excluding carboxylic acids is 1. The zero-order chi connectivity index (χ0) is 19.6. The number of amides is 1. The zero-order valence-corrected chi connectivity index (χ0v) is 20.3. The van der Waals surface area contributed by atoms with Crippen LogP contribution in [0.1, 0.15) is 54.4 Å². The van der Waals surface area contributed by atoms with Crippen molar-refractivity contribution in [3.63, 3.8) is 0 Å². The summed E-state index contributed by atoms with van der Waals surface area (Å²) in [6.07, 6.45) is 1.62. The van der Waals surface area contributed by atoms with Crippen LogP contribution in [0, 0.1) is 0 Å². The van der Waals surface area contributed by atoms with Crippen molar-refractivity contribution in [1.82, 2.24) is 20.4 Å². The van der Waals surface area contributed by atoms with Crippen molar-refractivity contribution in [3.05, 3.63) is 0 Å². The van der Waals surface area contributed by atoms with Gasteiger partial charge in [0.1, 0.15) is 5.60 Å². The predicted octanol–water partition coefficient (Wildman–Crippen LogP) is 2.90. The molecule has 1 saturated heterocycles. The summed E-state index contributed by atoms with van der Waals surface area (Å²) in [6.45, 7) is 18.7. The maximum Gasteiger partial charge on any atom is 0.407 e. The largest absolute Gasteiger partial charge is 0.444 e. The Balaban J connectivity index is 0.00000676. The van der Waals surface area contributed by atoms with Crippen LogP contribution in [0.2, 0.25) is 0 Å². The number of ether oxygens (including phenoxy) is 1. The first-order valence-corrected chi connectivity index (χ1v) is 10.0. The highest BCUT2D eigenvalue weighted by Gasteiger charge is 2.27. The summed E-state index contributed by atoms with van der Waals surface area (Å²) in [7, 11) is 0. The second-order valence-electron chi connectivity index (χ2n) is 7.69. The number of aliphatic imine (C=N–C) groups is 1. The lowest BCUT2D eigenvalue weighted by Gasteiger charge is -2.23. The summed E-state index contributed by atoms with van der Waals surface area (Å²) >= 11 is 0. The van der Waals surface area contributed by atoms with Gasteiger partial charge in [0.15, 0.2) is 5.96 Å². The Hall–Kier alpha value is -0.770. The van der Waals surface area contributed by atoms with Gasteiger partial charge in [-0.15, -0.1) is 24.0 Å². The number of nitrogens with one attached hydrogen (secondary N) is 2. The van der Waals surface area contributed by atoms with Crippen molar-refractivity contribution in [3.8, 4) is 0 Å². The molecule has 0 spiro atoms. The summed E-state index contributed by atoms with van der Waals surface area (Å²) in [5.74, 6) is 0.945. The molecule has 0 aromatic heterocycles. The molecule has 1 atom stereocenters. The average Bonchev–Trinajstić information content (AvgIpc) is 3.00. The standard InChI is InChI=1S/C19H39N5O2.HI/c1-7-20-17(21-12-10-13-23(8-2)9-3)24-14-11-16(15-24)22-18(25)26-19(4,5)6;/h16H,7-15H2,1-6H3,(H,20,21)(H,22,25);1H. The van der Waals surface area contributed by atoms with E-state index in [1.54, 1.807) is 0 Å². The molecule has 1 fully saturated rings. The molecule has 1 rings (SSSR count). The molecule has 7 nitrogen and oxygen atoms in total. The van der Waals surface area contributed by atoms with Crippen LogP contribution in [0.25, 0.3) is 0 Å². The van der Waals surface area contributed by atoms with Gasteiger partial charge in [-0.3, -0.25) is 4.99 Å². The maximum absolute atomic E-state index is 11.9. The third kappa shape index (κ3) is 11.0. The van der Waals surface area contributed by atoms with Gasteiger partial charge in [0.2, 0.25) is 0 Å². The van der Waals surface area contributed by atoms with Crippen molar-refractivity contribution in [1.29, 1.82) is 0 Å². The smallest absolute Gasteiger partial charge is 0.407 e. The summed E-state index contributed by atoms with van der Waals surface area (Å²) in [5.41, 5.74) is -0.469. The van der Waals surface area contributed by atoms with Crippen molar-refractivity contribution in [2.24, 2.45) is 4.99 Å². The van der Waals surface area contributed by atoms with E-state index in [4.69, 9.17) is 9.73 Å². The number of hydrogen-bond acceptors (Lipinski definition) is 4. The lowest BCUT2D eigenvalue weighted by molar-refractivity contribution is 0.0507. The summed E-state index contributed by atoms with van der Waals surface area (Å²) < 4.78 is 5.35. The fourth-order valence-electron chi connectivity index (χ4n) is 2.99. The molecule has 0 radical (unpaired) electrons. The van der Waals surface area contributed by atoms with E-state index in [2.05, 4.69) is 41.2 Å². The molecular formula is C19H40IN5O2. The Kier molecular flexibility index (Phi) is 13.0. The predicted molar refractivity (Wildman–Crippen MR) is 123 cm³/mol. The van der Waals surface area contributed by atoms with Gasteiger partial charge >= 0.3 is 6.09 Å². The van der Waals surface area contributed by atoms with Crippen LogP contribution in [0.3, 0.4) is 0 Å². The number of carbonyl (C=O) groups is 1. The molecule has 8 heteroatoms. The van der Waals surface area contributed by atoms with E-state index in [0.29, 0.717) is 0 Å². The minimum absolute atomic E-state index is 0. The molecule has 0 aromatic rings. The van der Waals surface area contributed by atoms with E-state index >= 15 is 0 Å². The highest BCUT2D eigenvalue weighted by molar-refractivity contribution is 14.0. The summed E-state index contributed by atoms with van der Waals surface area (Å²) in [5, 5.41) is 6.34. The number of hydrogen-bond donors (Lipinski definition) is 2. The number of guanidine groups is 1. The Morgan fingerprint density at radius 3 is 2.48 bits per heavy atom. The van der Waals surface area contributed by atoms with E-state index in [9.17, 15) is 4.79 Å². The molecule has 0 aromatic carbocycles. The van der Waals surface area contributed by atoms with Crippen LogP contribution in [-0.2, 0) is 4.74 Å². The lowest BCUT2D eigenvalue weighted by Crippen LogP contribution is -2.44. The molecule has 0 saturated carbocycles. The quantitative estimate of drug-likeness (QED) is 0.234. The zero-order valence-electron chi connectivity index (χ0n) is 18.0. The molecule has 1 heterocycles. The lowest BCUT2D eigenvalue weighted by atomic mass is 10.2. The normalized spacial score (nSPS) is 17.7. The third-order valence-corrected chi connectivity index (χ3v) is 4.33. The highest BCUT2D eigenvalue weighted by atomic mass is 127. The first-order valence-electron chi connectivity index (χ1n) is 10.0. The molecule has 1 aliphatic heterocycles.